The average Bonchev–Trinajstić information content (AvgIpc) is 2.34. The molecule has 0 spiro atoms. The van der Waals surface area contributed by atoms with Crippen molar-refractivity contribution < 1.29 is 19.0 Å². The van der Waals surface area contributed by atoms with Gasteiger partial charge < -0.3 is 9.84 Å². The highest BCUT2D eigenvalue weighted by Crippen LogP contribution is 2.23. The molecule has 5 heteroatoms. The first-order valence-corrected chi connectivity index (χ1v) is 5.92. The molecule has 0 aromatic heterocycles. The molecule has 1 aromatic rings. The van der Waals surface area contributed by atoms with Gasteiger partial charge in [-0.2, -0.15) is 5.26 Å². The van der Waals surface area contributed by atoms with Crippen LogP contribution >= 0.6 is 0 Å². The van der Waals surface area contributed by atoms with Crippen molar-refractivity contribution >= 4 is 5.97 Å². The van der Waals surface area contributed by atoms with Crippen molar-refractivity contribution in [1.29, 1.82) is 5.26 Å². The Labute approximate surface area is 111 Å². The van der Waals surface area contributed by atoms with Crippen molar-refractivity contribution in [1.82, 2.24) is 0 Å². The molecule has 0 aliphatic carbocycles. The number of rotatable bonds is 6. The number of nitrogens with zero attached hydrogens (tertiary/aromatic N) is 1. The molecule has 0 heterocycles. The van der Waals surface area contributed by atoms with Gasteiger partial charge in [-0.05, 0) is 38.8 Å². The van der Waals surface area contributed by atoms with Gasteiger partial charge in [-0.1, -0.05) is 0 Å². The standard InChI is InChI=1S/C14H16FNO3/c1-14(2,9-16)6-3-7-19-12-8-10(15)4-5-11(12)13(17)18/h4-5,8H,3,6-7H2,1-2H3,(H,17,18). The molecule has 0 bridgehead atoms. The SMILES string of the molecule is CC(C)(C#N)CCCOc1cc(F)ccc1C(=O)O. The fourth-order valence-corrected chi connectivity index (χ4v) is 1.54. The number of hydrogen-bond acceptors (Lipinski definition) is 3. The summed E-state index contributed by atoms with van der Waals surface area (Å²) in [6, 6.07) is 5.47. The minimum Gasteiger partial charge on any atom is -0.493 e. The molecule has 1 rings (SSSR count). The van der Waals surface area contributed by atoms with Gasteiger partial charge in [-0.15, -0.1) is 0 Å². The highest BCUT2D eigenvalue weighted by molar-refractivity contribution is 5.90. The zero-order chi connectivity index (χ0) is 14.5. The van der Waals surface area contributed by atoms with Gasteiger partial charge >= 0.3 is 5.97 Å². The van der Waals surface area contributed by atoms with E-state index in [0.717, 1.165) is 12.1 Å². The topological polar surface area (TPSA) is 70.3 Å². The monoisotopic (exact) mass is 265 g/mol. The summed E-state index contributed by atoms with van der Waals surface area (Å²) in [4.78, 5) is 10.9. The molecule has 19 heavy (non-hydrogen) atoms. The maximum atomic E-state index is 13.0. The molecule has 0 fully saturated rings. The third kappa shape index (κ3) is 4.59. The molecule has 0 saturated carbocycles. The molecule has 0 unspecified atom stereocenters. The highest BCUT2D eigenvalue weighted by atomic mass is 19.1. The number of carbonyl (C=O) groups is 1. The van der Waals surface area contributed by atoms with Crippen LogP contribution in [0.25, 0.3) is 0 Å². The summed E-state index contributed by atoms with van der Waals surface area (Å²) in [5.41, 5.74) is -0.512. The first-order valence-electron chi connectivity index (χ1n) is 5.92. The second-order valence-corrected chi connectivity index (χ2v) is 4.89. The second kappa shape index (κ2) is 6.19. The van der Waals surface area contributed by atoms with E-state index in [2.05, 4.69) is 6.07 Å². The van der Waals surface area contributed by atoms with Gasteiger partial charge in [0.15, 0.2) is 0 Å². The zero-order valence-electron chi connectivity index (χ0n) is 10.9. The van der Waals surface area contributed by atoms with Gasteiger partial charge in [0.1, 0.15) is 17.1 Å². The van der Waals surface area contributed by atoms with Crippen molar-refractivity contribution in [2.75, 3.05) is 6.61 Å². The van der Waals surface area contributed by atoms with Gasteiger partial charge in [0.25, 0.3) is 0 Å². The van der Waals surface area contributed by atoms with Crippen molar-refractivity contribution in [3.8, 4) is 11.8 Å². The van der Waals surface area contributed by atoms with Crippen LogP contribution in [0.1, 0.15) is 37.0 Å². The number of halogens is 1. The van der Waals surface area contributed by atoms with E-state index < -0.39 is 17.2 Å². The molecule has 102 valence electrons. The first kappa shape index (κ1) is 15.0. The van der Waals surface area contributed by atoms with E-state index in [0.29, 0.717) is 12.8 Å². The lowest BCUT2D eigenvalue weighted by Crippen LogP contribution is -2.11. The summed E-state index contributed by atoms with van der Waals surface area (Å²) < 4.78 is 18.3. The van der Waals surface area contributed by atoms with Gasteiger partial charge in [0.05, 0.1) is 18.1 Å². The normalized spacial score (nSPS) is 10.8. The Morgan fingerprint density at radius 3 is 2.79 bits per heavy atom. The minimum atomic E-state index is -1.16. The zero-order valence-corrected chi connectivity index (χ0v) is 10.9. The molecular formula is C14H16FNO3. The Morgan fingerprint density at radius 1 is 1.53 bits per heavy atom. The highest BCUT2D eigenvalue weighted by Gasteiger charge is 2.16. The summed E-state index contributed by atoms with van der Waals surface area (Å²) in [6.07, 6.45) is 1.22. The molecule has 0 saturated heterocycles. The minimum absolute atomic E-state index is 0.0160. The average molecular weight is 265 g/mol. The van der Waals surface area contributed by atoms with E-state index in [4.69, 9.17) is 15.1 Å². The molecule has 1 aromatic carbocycles. The third-order valence-electron chi connectivity index (χ3n) is 2.68. The van der Waals surface area contributed by atoms with Gasteiger partial charge in [0, 0.05) is 6.07 Å². The molecular weight excluding hydrogens is 249 g/mol. The number of nitriles is 1. The Kier molecular flexibility index (Phi) is 4.87. The lowest BCUT2D eigenvalue weighted by molar-refractivity contribution is 0.0692. The first-order chi connectivity index (χ1) is 8.85. The van der Waals surface area contributed by atoms with Crippen molar-refractivity contribution in [2.24, 2.45) is 5.41 Å². The largest absolute Gasteiger partial charge is 0.493 e. The van der Waals surface area contributed by atoms with Crippen LogP contribution in [0.5, 0.6) is 5.75 Å². The molecule has 0 radical (unpaired) electrons. The maximum absolute atomic E-state index is 13.0. The van der Waals surface area contributed by atoms with Crippen LogP contribution < -0.4 is 4.74 Å². The van der Waals surface area contributed by atoms with Gasteiger partial charge in [0.2, 0.25) is 0 Å². The smallest absolute Gasteiger partial charge is 0.339 e. The number of ether oxygens (including phenoxy) is 1. The summed E-state index contributed by atoms with van der Waals surface area (Å²) in [5.74, 6) is -1.69. The van der Waals surface area contributed by atoms with Crippen LogP contribution in [-0.4, -0.2) is 17.7 Å². The van der Waals surface area contributed by atoms with Crippen molar-refractivity contribution in [2.45, 2.75) is 26.7 Å². The van der Waals surface area contributed by atoms with E-state index in [9.17, 15) is 9.18 Å². The lowest BCUT2D eigenvalue weighted by Gasteiger charge is -2.15. The molecule has 0 aliphatic heterocycles. The van der Waals surface area contributed by atoms with Gasteiger partial charge in [-0.25, -0.2) is 9.18 Å². The predicted octanol–water partition coefficient (Wildman–Crippen LogP) is 3.23. The Bertz CT molecular complexity index is 506. The van der Waals surface area contributed by atoms with Crippen LogP contribution in [0.4, 0.5) is 4.39 Å². The summed E-state index contributed by atoms with van der Waals surface area (Å²) in [5, 5.41) is 17.8. The van der Waals surface area contributed by atoms with Crippen LogP contribution in [0, 0.1) is 22.6 Å². The fraction of sp³-hybridized carbons (Fsp3) is 0.429. The summed E-state index contributed by atoms with van der Waals surface area (Å²) >= 11 is 0. The van der Waals surface area contributed by atoms with E-state index in [1.54, 1.807) is 0 Å². The third-order valence-corrected chi connectivity index (χ3v) is 2.68. The number of carboxylic acids is 1. The lowest BCUT2D eigenvalue weighted by atomic mass is 9.90. The van der Waals surface area contributed by atoms with Crippen LogP contribution in [0.3, 0.4) is 0 Å². The summed E-state index contributed by atoms with van der Waals surface area (Å²) in [7, 11) is 0. The maximum Gasteiger partial charge on any atom is 0.339 e. The second-order valence-electron chi connectivity index (χ2n) is 4.89. The molecule has 0 atom stereocenters. The van der Waals surface area contributed by atoms with Gasteiger partial charge in [-0.3, -0.25) is 0 Å². The Morgan fingerprint density at radius 2 is 2.21 bits per heavy atom. The van der Waals surface area contributed by atoms with Crippen LogP contribution in [0.2, 0.25) is 0 Å². The number of benzene rings is 1. The fourth-order valence-electron chi connectivity index (χ4n) is 1.54. The number of hydrogen-bond donors (Lipinski definition) is 1. The molecule has 0 amide bonds. The molecule has 0 aliphatic rings. The number of carboxylic acid groups (broad SMARTS) is 1. The quantitative estimate of drug-likeness (QED) is 0.801. The van der Waals surface area contributed by atoms with Crippen LogP contribution in [0.15, 0.2) is 18.2 Å². The predicted molar refractivity (Wildman–Crippen MR) is 67.5 cm³/mol. The summed E-state index contributed by atoms with van der Waals surface area (Å²) in [6.45, 7) is 3.88. The number of aromatic carboxylic acids is 1. The van der Waals surface area contributed by atoms with Crippen LogP contribution in [-0.2, 0) is 0 Å². The van der Waals surface area contributed by atoms with E-state index in [-0.39, 0.29) is 17.9 Å². The molecule has 4 nitrogen and oxygen atoms in total. The van der Waals surface area contributed by atoms with E-state index >= 15 is 0 Å². The van der Waals surface area contributed by atoms with E-state index in [1.807, 2.05) is 13.8 Å². The Balaban J connectivity index is 2.61. The Hall–Kier alpha value is -2.09. The molecule has 1 N–H and O–H groups in total. The van der Waals surface area contributed by atoms with Crippen molar-refractivity contribution in [3.05, 3.63) is 29.6 Å². The van der Waals surface area contributed by atoms with Crippen molar-refractivity contribution in [3.63, 3.8) is 0 Å². The van der Waals surface area contributed by atoms with E-state index in [1.165, 1.54) is 6.07 Å².